The molecule has 0 aromatic carbocycles. The zero-order valence-electron chi connectivity index (χ0n) is 6.39. The maximum atomic E-state index is 2.37. The standard InChI is InChI=1S/C8H16.FH/c1-7-4-3-5-8(2)6-7;/h7-8H,3-6H2,1-2H3;1H. The smallest absolute Gasteiger partial charge is 0.0440 e. The fraction of sp³-hybridized carbons (Fsp3) is 1.00. The van der Waals surface area contributed by atoms with Gasteiger partial charge in [-0.15, -0.1) is 0 Å². The van der Waals surface area contributed by atoms with Crippen molar-refractivity contribution in [2.45, 2.75) is 39.5 Å². The van der Waals surface area contributed by atoms with Crippen LogP contribution in [-0.2, 0) is 0 Å². The number of halogens is 1. The van der Waals surface area contributed by atoms with E-state index >= 15 is 0 Å². The van der Waals surface area contributed by atoms with Crippen molar-refractivity contribution in [3.63, 3.8) is 0 Å². The van der Waals surface area contributed by atoms with E-state index in [0.717, 1.165) is 11.8 Å². The molecule has 1 fully saturated rings. The predicted octanol–water partition coefficient (Wildman–Crippen LogP) is 2.99. The van der Waals surface area contributed by atoms with E-state index in [1.54, 1.807) is 0 Å². The maximum Gasteiger partial charge on any atom is -0.0440 e. The van der Waals surface area contributed by atoms with Crippen LogP contribution >= 0.6 is 0 Å². The minimum Gasteiger partial charge on any atom is -0.269 e. The third kappa shape index (κ3) is 2.83. The summed E-state index contributed by atoms with van der Waals surface area (Å²) in [5.74, 6) is 2.03. The van der Waals surface area contributed by atoms with Crippen molar-refractivity contribution in [3.05, 3.63) is 0 Å². The Morgan fingerprint density at radius 2 is 1.44 bits per heavy atom. The molecule has 9 heavy (non-hydrogen) atoms. The van der Waals surface area contributed by atoms with E-state index in [1.807, 2.05) is 0 Å². The molecule has 1 saturated carbocycles. The Kier molecular flexibility index (Phi) is 3.83. The number of hydrogen-bond donors (Lipinski definition) is 0. The first kappa shape index (κ1) is 8.93. The van der Waals surface area contributed by atoms with Gasteiger partial charge >= 0.3 is 0 Å². The molecule has 0 amide bonds. The molecule has 0 bridgehead atoms. The monoisotopic (exact) mass is 132 g/mol. The summed E-state index contributed by atoms with van der Waals surface area (Å²) in [6.45, 7) is 4.74. The Bertz CT molecular complexity index is 63.0. The molecule has 2 atom stereocenters. The highest BCUT2D eigenvalue weighted by Crippen LogP contribution is 2.27. The van der Waals surface area contributed by atoms with Gasteiger partial charge in [0.25, 0.3) is 0 Å². The lowest BCUT2D eigenvalue weighted by Crippen LogP contribution is -2.09. The minimum absolute atomic E-state index is 0. The van der Waals surface area contributed by atoms with Crippen LogP contribution < -0.4 is 0 Å². The maximum absolute atomic E-state index is 2.37. The van der Waals surface area contributed by atoms with Gasteiger partial charge in [0.2, 0.25) is 0 Å². The molecule has 0 nitrogen and oxygen atoms in total. The third-order valence-electron chi connectivity index (χ3n) is 2.20. The Labute approximate surface area is 57.0 Å². The van der Waals surface area contributed by atoms with Crippen molar-refractivity contribution < 1.29 is 4.70 Å². The Morgan fingerprint density at radius 3 is 1.67 bits per heavy atom. The summed E-state index contributed by atoms with van der Waals surface area (Å²) in [7, 11) is 0. The van der Waals surface area contributed by atoms with E-state index < -0.39 is 0 Å². The molecule has 0 aromatic rings. The van der Waals surface area contributed by atoms with Crippen LogP contribution in [0.4, 0.5) is 4.70 Å². The molecule has 2 unspecified atom stereocenters. The lowest BCUT2D eigenvalue weighted by Gasteiger charge is -2.22. The Morgan fingerprint density at radius 1 is 1.00 bits per heavy atom. The van der Waals surface area contributed by atoms with Gasteiger partial charge in [0.15, 0.2) is 0 Å². The van der Waals surface area contributed by atoms with Crippen LogP contribution in [-0.4, -0.2) is 0 Å². The fourth-order valence-corrected chi connectivity index (χ4v) is 1.74. The summed E-state index contributed by atoms with van der Waals surface area (Å²) in [4.78, 5) is 0. The Hall–Kier alpha value is -0.0700. The molecule has 0 spiro atoms. The van der Waals surface area contributed by atoms with E-state index in [1.165, 1.54) is 25.7 Å². The van der Waals surface area contributed by atoms with Crippen molar-refractivity contribution in [2.24, 2.45) is 11.8 Å². The molecule has 1 heteroatoms. The average molecular weight is 132 g/mol. The van der Waals surface area contributed by atoms with Gasteiger partial charge in [-0.1, -0.05) is 33.1 Å². The molecule has 0 radical (unpaired) electrons. The van der Waals surface area contributed by atoms with E-state index in [-0.39, 0.29) is 4.70 Å². The van der Waals surface area contributed by atoms with Crippen LogP contribution in [0.5, 0.6) is 0 Å². The van der Waals surface area contributed by atoms with Crippen molar-refractivity contribution in [1.82, 2.24) is 0 Å². The van der Waals surface area contributed by atoms with E-state index in [0.29, 0.717) is 0 Å². The van der Waals surface area contributed by atoms with E-state index in [4.69, 9.17) is 0 Å². The van der Waals surface area contributed by atoms with Gasteiger partial charge in [-0.05, 0) is 18.3 Å². The van der Waals surface area contributed by atoms with Crippen LogP contribution in [0.1, 0.15) is 39.5 Å². The first-order chi connectivity index (χ1) is 3.79. The second kappa shape index (κ2) is 3.86. The number of rotatable bonds is 0. The van der Waals surface area contributed by atoms with Crippen LogP contribution in [0.2, 0.25) is 0 Å². The molecular formula is C8H17F. The van der Waals surface area contributed by atoms with Crippen molar-refractivity contribution in [3.8, 4) is 0 Å². The summed E-state index contributed by atoms with van der Waals surface area (Å²) in [6, 6.07) is 0. The zero-order valence-corrected chi connectivity index (χ0v) is 6.39. The highest BCUT2D eigenvalue weighted by Gasteiger charge is 2.13. The summed E-state index contributed by atoms with van der Waals surface area (Å²) < 4.78 is 0. The van der Waals surface area contributed by atoms with Gasteiger partial charge in [0.05, 0.1) is 0 Å². The van der Waals surface area contributed by atoms with E-state index in [2.05, 4.69) is 13.8 Å². The fourth-order valence-electron chi connectivity index (χ4n) is 1.74. The summed E-state index contributed by atoms with van der Waals surface area (Å²) in [5.41, 5.74) is 0. The quantitative estimate of drug-likeness (QED) is 0.475. The normalized spacial score (nSPS) is 35.3. The number of hydrogen-bond acceptors (Lipinski definition) is 0. The Balaban J connectivity index is 0.000000640. The molecular weight excluding hydrogens is 115 g/mol. The summed E-state index contributed by atoms with van der Waals surface area (Å²) in [6.07, 6.45) is 5.90. The van der Waals surface area contributed by atoms with Crippen molar-refractivity contribution in [2.75, 3.05) is 0 Å². The van der Waals surface area contributed by atoms with E-state index in [9.17, 15) is 0 Å². The molecule has 0 N–H and O–H groups in total. The molecule has 1 aliphatic carbocycles. The van der Waals surface area contributed by atoms with Crippen molar-refractivity contribution in [1.29, 1.82) is 0 Å². The molecule has 56 valence electrons. The van der Waals surface area contributed by atoms with Gasteiger partial charge in [-0.25, -0.2) is 0 Å². The molecule has 0 aliphatic heterocycles. The van der Waals surface area contributed by atoms with Crippen LogP contribution in [0.25, 0.3) is 0 Å². The molecule has 1 aliphatic rings. The van der Waals surface area contributed by atoms with Crippen LogP contribution in [0.3, 0.4) is 0 Å². The molecule has 0 saturated heterocycles. The SMILES string of the molecule is CC1CCCC(C)C1.F. The molecule has 0 aromatic heterocycles. The van der Waals surface area contributed by atoms with Gasteiger partial charge in [0.1, 0.15) is 0 Å². The largest absolute Gasteiger partial charge is 0.269 e. The highest BCUT2D eigenvalue weighted by molar-refractivity contribution is 4.66. The molecule has 0 heterocycles. The van der Waals surface area contributed by atoms with Crippen molar-refractivity contribution >= 4 is 0 Å². The van der Waals surface area contributed by atoms with Gasteiger partial charge in [-0.3, -0.25) is 4.70 Å². The highest BCUT2D eigenvalue weighted by atomic mass is 19.0. The topological polar surface area (TPSA) is 0 Å². The van der Waals surface area contributed by atoms with Gasteiger partial charge in [-0.2, -0.15) is 0 Å². The second-order valence-corrected chi connectivity index (χ2v) is 3.38. The van der Waals surface area contributed by atoms with Gasteiger partial charge in [0, 0.05) is 0 Å². The first-order valence-electron chi connectivity index (χ1n) is 3.79. The second-order valence-electron chi connectivity index (χ2n) is 3.38. The van der Waals surface area contributed by atoms with Crippen LogP contribution in [0.15, 0.2) is 0 Å². The molecule has 1 rings (SSSR count). The summed E-state index contributed by atoms with van der Waals surface area (Å²) >= 11 is 0. The summed E-state index contributed by atoms with van der Waals surface area (Å²) in [5, 5.41) is 0. The predicted molar refractivity (Wildman–Crippen MR) is 39.3 cm³/mol. The minimum atomic E-state index is 0. The van der Waals surface area contributed by atoms with Gasteiger partial charge < -0.3 is 0 Å². The average Bonchev–Trinajstić information content (AvgIpc) is 1.64. The first-order valence-corrected chi connectivity index (χ1v) is 3.79. The lowest BCUT2D eigenvalue weighted by molar-refractivity contribution is 0.301. The lowest BCUT2D eigenvalue weighted by atomic mass is 9.84. The zero-order chi connectivity index (χ0) is 5.98. The van der Waals surface area contributed by atoms with Crippen LogP contribution in [0, 0.1) is 11.8 Å². The third-order valence-corrected chi connectivity index (χ3v) is 2.20.